The van der Waals surface area contributed by atoms with Crippen molar-refractivity contribution in [3.63, 3.8) is 0 Å². The molecule has 1 rings (SSSR count). The van der Waals surface area contributed by atoms with Crippen LogP contribution >= 0.6 is 11.3 Å². The van der Waals surface area contributed by atoms with Gasteiger partial charge >= 0.3 is 0 Å². The summed E-state index contributed by atoms with van der Waals surface area (Å²) in [5, 5.41) is 13.9. The van der Waals surface area contributed by atoms with E-state index in [9.17, 15) is 0 Å². The zero-order chi connectivity index (χ0) is 11.8. The molecule has 0 bridgehead atoms. The quantitative estimate of drug-likeness (QED) is 0.703. The molecule has 5 heteroatoms. The molecule has 0 radical (unpaired) electrons. The van der Waals surface area contributed by atoms with E-state index >= 15 is 0 Å². The molecule has 0 aliphatic carbocycles. The average molecular weight is 243 g/mol. The molecule has 0 fully saturated rings. The van der Waals surface area contributed by atoms with Crippen LogP contribution in [-0.4, -0.2) is 37.0 Å². The van der Waals surface area contributed by atoms with Crippen LogP contribution in [0.15, 0.2) is 0 Å². The van der Waals surface area contributed by atoms with Crippen molar-refractivity contribution in [3.8, 4) is 0 Å². The molecule has 1 heterocycles. The monoisotopic (exact) mass is 243 g/mol. The molecule has 1 atom stereocenters. The van der Waals surface area contributed by atoms with Crippen molar-refractivity contribution in [1.29, 1.82) is 0 Å². The van der Waals surface area contributed by atoms with Crippen molar-refractivity contribution < 1.29 is 4.74 Å². The zero-order valence-electron chi connectivity index (χ0n) is 10.3. The number of likely N-dealkylation sites (N-methyl/N-ethyl adjacent to an activating group) is 1. The van der Waals surface area contributed by atoms with E-state index in [0.29, 0.717) is 5.92 Å². The van der Waals surface area contributed by atoms with Crippen LogP contribution in [0.2, 0.25) is 0 Å². The van der Waals surface area contributed by atoms with E-state index in [4.69, 9.17) is 4.74 Å². The van der Waals surface area contributed by atoms with Gasteiger partial charge in [-0.05, 0) is 12.5 Å². The summed E-state index contributed by atoms with van der Waals surface area (Å²) < 4.78 is 5.11. The lowest BCUT2D eigenvalue weighted by molar-refractivity contribution is 0.159. The number of methoxy groups -OCH3 is 1. The highest BCUT2D eigenvalue weighted by Gasteiger charge is 2.08. The molecule has 0 amide bonds. The fourth-order valence-electron chi connectivity index (χ4n) is 1.49. The van der Waals surface area contributed by atoms with Gasteiger partial charge in [0.05, 0.1) is 0 Å². The molecule has 1 aromatic heterocycles. The van der Waals surface area contributed by atoms with E-state index in [1.54, 1.807) is 18.4 Å². The minimum absolute atomic E-state index is 0.513. The lowest BCUT2D eigenvalue weighted by Crippen LogP contribution is -2.15. The molecule has 0 aliphatic rings. The van der Waals surface area contributed by atoms with E-state index in [1.807, 2.05) is 0 Å². The fourth-order valence-corrected chi connectivity index (χ4v) is 2.49. The number of hydrogen-bond acceptors (Lipinski definition) is 5. The number of nitrogens with zero attached hydrogens (tertiary/aromatic N) is 2. The van der Waals surface area contributed by atoms with Crippen LogP contribution in [0.25, 0.3) is 0 Å². The van der Waals surface area contributed by atoms with Gasteiger partial charge in [0.25, 0.3) is 0 Å². The molecule has 1 aromatic rings. The van der Waals surface area contributed by atoms with Crippen molar-refractivity contribution in [3.05, 3.63) is 10.0 Å². The van der Waals surface area contributed by atoms with Crippen LogP contribution < -0.4 is 5.32 Å². The van der Waals surface area contributed by atoms with Gasteiger partial charge in [0, 0.05) is 33.1 Å². The van der Waals surface area contributed by atoms with Crippen molar-refractivity contribution in [2.75, 3.05) is 26.8 Å². The highest BCUT2D eigenvalue weighted by Crippen LogP contribution is 2.14. The van der Waals surface area contributed by atoms with Crippen LogP contribution in [0.5, 0.6) is 0 Å². The molecule has 0 aliphatic heterocycles. The van der Waals surface area contributed by atoms with Crippen LogP contribution in [0.4, 0.5) is 0 Å². The lowest BCUT2D eigenvalue weighted by atomic mass is 10.1. The van der Waals surface area contributed by atoms with Gasteiger partial charge in [-0.3, -0.25) is 0 Å². The fraction of sp³-hybridized carbons (Fsp3) is 0.818. The summed E-state index contributed by atoms with van der Waals surface area (Å²) in [5.74, 6) is 0.513. The Morgan fingerprint density at radius 1 is 1.38 bits per heavy atom. The standard InChI is InChI=1S/C11H21N3OS/c1-4-12-6-5-10-13-14-11(16-10)7-9(2)8-15-3/h9,12H,4-8H2,1-3H3. The molecule has 0 aromatic carbocycles. The second-order valence-electron chi connectivity index (χ2n) is 3.96. The van der Waals surface area contributed by atoms with Crippen LogP contribution in [0, 0.1) is 5.92 Å². The maximum absolute atomic E-state index is 5.11. The van der Waals surface area contributed by atoms with Gasteiger partial charge in [0.15, 0.2) is 0 Å². The molecule has 0 saturated heterocycles. The predicted molar refractivity (Wildman–Crippen MR) is 66.9 cm³/mol. The Kier molecular flexibility index (Phi) is 6.52. The second kappa shape index (κ2) is 7.70. The number of aromatic nitrogens is 2. The van der Waals surface area contributed by atoms with E-state index in [2.05, 4.69) is 29.4 Å². The molecular formula is C11H21N3OS. The predicted octanol–water partition coefficient (Wildman–Crippen LogP) is 1.52. The van der Waals surface area contributed by atoms with Crippen LogP contribution in [-0.2, 0) is 17.6 Å². The topological polar surface area (TPSA) is 47.0 Å². The Bertz CT molecular complexity index is 291. The molecule has 0 spiro atoms. The summed E-state index contributed by atoms with van der Waals surface area (Å²) in [7, 11) is 1.73. The number of hydrogen-bond donors (Lipinski definition) is 1. The SMILES string of the molecule is CCNCCc1nnc(CC(C)COC)s1. The summed E-state index contributed by atoms with van der Waals surface area (Å²) in [4.78, 5) is 0. The van der Waals surface area contributed by atoms with Crippen LogP contribution in [0.1, 0.15) is 23.9 Å². The van der Waals surface area contributed by atoms with Crippen molar-refractivity contribution in [1.82, 2.24) is 15.5 Å². The maximum atomic E-state index is 5.11. The third kappa shape index (κ3) is 5.01. The van der Waals surface area contributed by atoms with Gasteiger partial charge in [0.1, 0.15) is 10.0 Å². The third-order valence-electron chi connectivity index (χ3n) is 2.25. The molecule has 0 saturated carbocycles. The highest BCUT2D eigenvalue weighted by atomic mass is 32.1. The Morgan fingerprint density at radius 2 is 2.12 bits per heavy atom. The van der Waals surface area contributed by atoms with E-state index in [0.717, 1.165) is 42.6 Å². The first-order valence-electron chi connectivity index (χ1n) is 5.77. The molecular weight excluding hydrogens is 222 g/mol. The number of ether oxygens (including phenoxy) is 1. The largest absolute Gasteiger partial charge is 0.384 e. The normalized spacial score (nSPS) is 12.9. The Balaban J connectivity index is 2.33. The minimum Gasteiger partial charge on any atom is -0.384 e. The van der Waals surface area contributed by atoms with Crippen LogP contribution in [0.3, 0.4) is 0 Å². The van der Waals surface area contributed by atoms with Gasteiger partial charge in [-0.1, -0.05) is 13.8 Å². The van der Waals surface area contributed by atoms with Gasteiger partial charge in [0.2, 0.25) is 0 Å². The van der Waals surface area contributed by atoms with Crippen molar-refractivity contribution in [2.24, 2.45) is 5.92 Å². The number of nitrogens with one attached hydrogen (secondary N) is 1. The summed E-state index contributed by atoms with van der Waals surface area (Å²) in [6.07, 6.45) is 1.94. The minimum atomic E-state index is 0.513. The molecule has 16 heavy (non-hydrogen) atoms. The maximum Gasteiger partial charge on any atom is 0.118 e. The van der Waals surface area contributed by atoms with Crippen molar-refractivity contribution in [2.45, 2.75) is 26.7 Å². The summed E-state index contributed by atoms with van der Waals surface area (Å²) in [6, 6.07) is 0. The Labute approximate surface area is 101 Å². The Hall–Kier alpha value is -0.520. The van der Waals surface area contributed by atoms with E-state index in [-0.39, 0.29) is 0 Å². The third-order valence-corrected chi connectivity index (χ3v) is 3.25. The summed E-state index contributed by atoms with van der Waals surface area (Å²) >= 11 is 1.72. The number of rotatable bonds is 8. The molecule has 4 nitrogen and oxygen atoms in total. The first-order valence-corrected chi connectivity index (χ1v) is 6.58. The van der Waals surface area contributed by atoms with Gasteiger partial charge in [-0.2, -0.15) is 0 Å². The summed E-state index contributed by atoms with van der Waals surface area (Å²) in [5.41, 5.74) is 0. The zero-order valence-corrected chi connectivity index (χ0v) is 11.1. The Morgan fingerprint density at radius 3 is 2.81 bits per heavy atom. The first kappa shape index (κ1) is 13.5. The van der Waals surface area contributed by atoms with Gasteiger partial charge < -0.3 is 10.1 Å². The first-order chi connectivity index (χ1) is 7.76. The van der Waals surface area contributed by atoms with E-state index < -0.39 is 0 Å². The highest BCUT2D eigenvalue weighted by molar-refractivity contribution is 7.11. The lowest BCUT2D eigenvalue weighted by Gasteiger charge is -2.06. The van der Waals surface area contributed by atoms with Gasteiger partial charge in [-0.25, -0.2) is 0 Å². The smallest absolute Gasteiger partial charge is 0.118 e. The second-order valence-corrected chi connectivity index (χ2v) is 5.10. The van der Waals surface area contributed by atoms with Gasteiger partial charge in [-0.15, -0.1) is 21.5 Å². The molecule has 92 valence electrons. The van der Waals surface area contributed by atoms with E-state index in [1.165, 1.54) is 0 Å². The van der Waals surface area contributed by atoms with Crippen molar-refractivity contribution >= 4 is 11.3 Å². The molecule has 1 N–H and O–H groups in total. The average Bonchev–Trinajstić information content (AvgIpc) is 2.66. The molecule has 1 unspecified atom stereocenters. The summed E-state index contributed by atoms with van der Waals surface area (Å²) in [6.45, 7) is 7.06.